The van der Waals surface area contributed by atoms with Crippen LogP contribution in [-0.4, -0.2) is 61.1 Å². The first-order valence-electron chi connectivity index (χ1n) is 19.9. The van der Waals surface area contributed by atoms with E-state index in [1.54, 1.807) is 23.9 Å². The molecular formula is C45H36F5N9O4S. The Morgan fingerprint density at radius 1 is 0.984 bits per heavy atom. The Morgan fingerprint density at radius 2 is 1.70 bits per heavy atom. The molecule has 0 saturated carbocycles. The number of hydrogen-bond donors (Lipinski definition) is 2. The molecule has 3 aliphatic heterocycles. The van der Waals surface area contributed by atoms with Crippen LogP contribution in [0.25, 0.3) is 0 Å². The number of halogens is 5. The topological polar surface area (TPSA) is 166 Å². The summed E-state index contributed by atoms with van der Waals surface area (Å²) in [4.78, 5) is 63.6. The number of aromatic nitrogens is 3. The van der Waals surface area contributed by atoms with Crippen molar-refractivity contribution >= 4 is 69.2 Å². The first kappa shape index (κ1) is 43.4. The number of unbranched alkanes of at least 4 members (excludes halogenated alkanes) is 1. The summed E-state index contributed by atoms with van der Waals surface area (Å²) in [6.07, 6.45) is -2.90. The maximum absolute atomic E-state index is 15.6. The fourth-order valence-corrected chi connectivity index (χ4v) is 8.89. The molecule has 0 aliphatic carbocycles. The third-order valence-corrected chi connectivity index (χ3v) is 11.9. The summed E-state index contributed by atoms with van der Waals surface area (Å²) in [6.45, 7) is 2.82. The van der Waals surface area contributed by atoms with Gasteiger partial charge in [-0.05, 0) is 105 Å². The maximum Gasteiger partial charge on any atom is 0.417 e. The van der Waals surface area contributed by atoms with E-state index >= 15 is 4.39 Å². The first-order valence-corrected chi connectivity index (χ1v) is 20.3. The molecule has 326 valence electrons. The molecule has 2 atom stereocenters. The number of hydrogen-bond acceptors (Lipinski definition) is 10. The number of carbonyl (C=O) groups excluding carboxylic acids is 4. The SMILES string of the molecule is Cn1ncnc1C1C2=NCC(=O)c3cc(F)cc(c32)N[C@@H]1c1ccc(NC(=O)CCCCC(=O)c2ccc(N3C(=S)N(c4ccc(C#N)c(C(F)(F)F)c4)C(=O)C3(C)C)cc2F)cc1. The molecule has 4 heterocycles. The molecule has 2 amide bonds. The van der Waals surface area contributed by atoms with Gasteiger partial charge >= 0.3 is 6.18 Å². The molecule has 0 radical (unpaired) electrons. The molecule has 19 heteroatoms. The van der Waals surface area contributed by atoms with E-state index in [0.717, 1.165) is 22.6 Å². The number of benzene rings is 4. The molecule has 8 rings (SSSR count). The van der Waals surface area contributed by atoms with E-state index < -0.39 is 58.1 Å². The van der Waals surface area contributed by atoms with Crippen LogP contribution in [-0.2, 0) is 22.8 Å². The molecule has 0 spiro atoms. The van der Waals surface area contributed by atoms with Gasteiger partial charge in [-0.3, -0.25) is 33.8 Å². The summed E-state index contributed by atoms with van der Waals surface area (Å²) in [5, 5.41) is 19.4. The van der Waals surface area contributed by atoms with Gasteiger partial charge in [0.05, 0.1) is 46.1 Å². The van der Waals surface area contributed by atoms with Gasteiger partial charge in [-0.1, -0.05) is 12.1 Å². The number of nitrogens with zero attached hydrogens (tertiary/aromatic N) is 7. The molecule has 64 heavy (non-hydrogen) atoms. The van der Waals surface area contributed by atoms with Crippen LogP contribution in [0.5, 0.6) is 0 Å². The Kier molecular flexibility index (Phi) is 11.2. The second-order valence-electron chi connectivity index (χ2n) is 16.0. The lowest BCUT2D eigenvalue weighted by atomic mass is 9.78. The van der Waals surface area contributed by atoms with Gasteiger partial charge in [0.1, 0.15) is 35.9 Å². The summed E-state index contributed by atoms with van der Waals surface area (Å²) in [7, 11) is 1.75. The molecule has 1 fully saturated rings. The molecule has 1 saturated heterocycles. The van der Waals surface area contributed by atoms with E-state index in [-0.39, 0.29) is 65.1 Å². The molecular weight excluding hydrogens is 858 g/mol. The lowest BCUT2D eigenvalue weighted by Gasteiger charge is -2.37. The van der Waals surface area contributed by atoms with E-state index in [1.807, 2.05) is 12.1 Å². The van der Waals surface area contributed by atoms with E-state index in [9.17, 15) is 42.0 Å². The third-order valence-electron chi connectivity index (χ3n) is 11.5. The number of nitrogens with one attached hydrogen (secondary N) is 2. The number of aryl methyl sites for hydroxylation is 1. The van der Waals surface area contributed by atoms with Crippen molar-refractivity contribution in [3.05, 3.63) is 130 Å². The van der Waals surface area contributed by atoms with Crippen molar-refractivity contribution in [2.45, 2.75) is 63.2 Å². The standard InChI is InChI=1S/C45H36F5N9O4S/c1-44(2)42(63)58(27-13-10-24(20-51)31(18-27)45(48,49)50)43(64)59(44)28-14-15-29(32(47)19-28)34(60)6-4-5-7-36(62)55-26-11-8-23(9-12-26)39-38(41-53-22-54-57(41)3)40-37-30(35(61)21-52-40)16-25(46)17-33(37)56-39/h8-19,22,38-39,56H,4-7,21H2,1-3H3,(H,55,62)/t38?,39-/m1/s1. The molecule has 5 aromatic rings. The van der Waals surface area contributed by atoms with Crippen molar-refractivity contribution in [2.75, 3.05) is 27.0 Å². The minimum Gasteiger partial charge on any atom is -0.376 e. The van der Waals surface area contributed by atoms with Gasteiger partial charge in [-0.25, -0.2) is 13.8 Å². The molecule has 4 aromatic carbocycles. The quantitative estimate of drug-likeness (QED) is 0.0571. The average Bonchev–Trinajstić information content (AvgIpc) is 3.75. The van der Waals surface area contributed by atoms with Crippen molar-refractivity contribution in [1.82, 2.24) is 14.8 Å². The van der Waals surface area contributed by atoms with E-state index in [4.69, 9.17) is 12.2 Å². The first-order chi connectivity index (χ1) is 30.4. The number of aliphatic imine (C=N–C) groups is 1. The molecule has 3 aliphatic rings. The maximum atomic E-state index is 15.6. The largest absolute Gasteiger partial charge is 0.417 e. The summed E-state index contributed by atoms with van der Waals surface area (Å²) in [5.74, 6) is -3.18. The van der Waals surface area contributed by atoms with Gasteiger partial charge in [-0.2, -0.15) is 23.5 Å². The number of nitriles is 1. The zero-order valence-electron chi connectivity index (χ0n) is 34.3. The van der Waals surface area contributed by atoms with E-state index in [2.05, 4.69) is 25.7 Å². The van der Waals surface area contributed by atoms with Crippen LogP contribution < -0.4 is 20.4 Å². The van der Waals surface area contributed by atoms with Crippen molar-refractivity contribution < 1.29 is 41.1 Å². The number of anilines is 4. The summed E-state index contributed by atoms with van der Waals surface area (Å²) < 4.78 is 73.0. The predicted octanol–water partition coefficient (Wildman–Crippen LogP) is 8.22. The minimum atomic E-state index is -4.88. The smallest absolute Gasteiger partial charge is 0.376 e. The van der Waals surface area contributed by atoms with Gasteiger partial charge in [0.2, 0.25) is 5.91 Å². The van der Waals surface area contributed by atoms with Crippen LogP contribution in [0.4, 0.5) is 44.7 Å². The minimum absolute atomic E-state index is 0.0633. The number of ketones is 2. The molecule has 2 N–H and O–H groups in total. The summed E-state index contributed by atoms with van der Waals surface area (Å²) in [5.41, 5.74) is -0.612. The Morgan fingerprint density at radius 3 is 2.38 bits per heavy atom. The highest BCUT2D eigenvalue weighted by atomic mass is 32.1. The van der Waals surface area contributed by atoms with Gasteiger partial charge in [0.25, 0.3) is 5.91 Å². The fraction of sp³-hybridized carbons (Fsp3) is 0.267. The van der Waals surface area contributed by atoms with Crippen LogP contribution >= 0.6 is 12.2 Å². The zero-order valence-corrected chi connectivity index (χ0v) is 35.1. The van der Waals surface area contributed by atoms with Gasteiger partial charge in [0.15, 0.2) is 16.7 Å². The van der Waals surface area contributed by atoms with Crippen LogP contribution in [0, 0.1) is 23.0 Å². The van der Waals surface area contributed by atoms with Crippen molar-refractivity contribution in [3.8, 4) is 6.07 Å². The van der Waals surface area contributed by atoms with E-state index in [0.29, 0.717) is 41.0 Å². The van der Waals surface area contributed by atoms with Crippen LogP contribution in [0.15, 0.2) is 84.1 Å². The van der Waals surface area contributed by atoms with Gasteiger partial charge < -0.3 is 15.5 Å². The second-order valence-corrected chi connectivity index (χ2v) is 16.3. The molecule has 1 unspecified atom stereocenters. The molecule has 1 aromatic heterocycles. The lowest BCUT2D eigenvalue weighted by molar-refractivity contribution is -0.137. The molecule has 0 bridgehead atoms. The third kappa shape index (κ3) is 7.78. The van der Waals surface area contributed by atoms with E-state index in [1.165, 1.54) is 61.5 Å². The number of Topliss-reactive ketones (excluding diaryl/α,β-unsaturated/α-hetero) is 2. The number of thiocarbonyl (C=S) groups is 1. The number of amides is 2. The lowest BCUT2D eigenvalue weighted by Crippen LogP contribution is -2.44. The van der Waals surface area contributed by atoms with Crippen molar-refractivity contribution in [1.29, 1.82) is 5.26 Å². The average molecular weight is 894 g/mol. The zero-order chi connectivity index (χ0) is 45.8. The summed E-state index contributed by atoms with van der Waals surface area (Å²) >= 11 is 5.53. The van der Waals surface area contributed by atoms with Crippen molar-refractivity contribution in [2.24, 2.45) is 12.0 Å². The van der Waals surface area contributed by atoms with Crippen molar-refractivity contribution in [3.63, 3.8) is 0 Å². The number of alkyl halides is 3. The normalized spacial score (nSPS) is 17.7. The highest BCUT2D eigenvalue weighted by molar-refractivity contribution is 7.81. The van der Waals surface area contributed by atoms with Gasteiger partial charge in [-0.15, -0.1) is 0 Å². The highest BCUT2D eigenvalue weighted by Gasteiger charge is 2.51. The Balaban J connectivity index is 0.883. The second kappa shape index (κ2) is 16.5. The predicted molar refractivity (Wildman–Crippen MR) is 229 cm³/mol. The highest BCUT2D eigenvalue weighted by Crippen LogP contribution is 2.45. The number of carbonyl (C=O) groups is 4. The Hall–Kier alpha value is -7.20. The van der Waals surface area contributed by atoms with Crippen LogP contribution in [0.3, 0.4) is 0 Å². The monoisotopic (exact) mass is 893 g/mol. The Labute approximate surface area is 367 Å². The Bertz CT molecular complexity index is 2870. The summed E-state index contributed by atoms with van der Waals surface area (Å²) in [6, 6.07) is 17.1. The van der Waals surface area contributed by atoms with Crippen LogP contribution in [0.2, 0.25) is 0 Å². The van der Waals surface area contributed by atoms with Crippen LogP contribution in [0.1, 0.15) is 100 Å². The molecule has 13 nitrogen and oxygen atoms in total. The van der Waals surface area contributed by atoms with Gasteiger partial charge in [0, 0.05) is 48.1 Å². The number of rotatable bonds is 11. The fourth-order valence-electron chi connectivity index (χ4n) is 8.37.